The van der Waals surface area contributed by atoms with Gasteiger partial charge in [-0.1, -0.05) is 67.3 Å². The topological polar surface area (TPSA) is 46.2 Å². The summed E-state index contributed by atoms with van der Waals surface area (Å²) in [5, 5.41) is 2.14. The third-order valence-corrected chi connectivity index (χ3v) is 5.32. The Balaban J connectivity index is -0.000000237. The van der Waals surface area contributed by atoms with E-state index in [9.17, 15) is 0 Å². The number of hydrogen-bond acceptors (Lipinski definition) is 5. The van der Waals surface area contributed by atoms with Crippen molar-refractivity contribution in [2.45, 2.75) is 27.7 Å². The summed E-state index contributed by atoms with van der Waals surface area (Å²) in [5.74, 6) is 0. The van der Waals surface area contributed by atoms with Crippen molar-refractivity contribution >= 4 is 83.0 Å². The van der Waals surface area contributed by atoms with Gasteiger partial charge in [-0.25, -0.2) is 0 Å². The largest absolute Gasteiger partial charge is 2.00 e. The Kier molecular flexibility index (Phi) is 35.2. The summed E-state index contributed by atoms with van der Waals surface area (Å²) < 4.78 is 24.3. The van der Waals surface area contributed by atoms with E-state index in [1.807, 2.05) is 66.7 Å². The molecule has 1 aliphatic heterocycles. The van der Waals surface area contributed by atoms with Crippen LogP contribution in [0.4, 0.5) is 0 Å². The molecule has 0 amide bonds. The zero-order valence-electron chi connectivity index (χ0n) is 22.2. The number of halogens is 4. The Hall–Kier alpha value is -0.294. The van der Waals surface area contributed by atoms with Gasteiger partial charge < -0.3 is 40.3 Å². The van der Waals surface area contributed by atoms with E-state index in [0.717, 1.165) is 29.2 Å². The predicted octanol–water partition coefficient (Wildman–Crippen LogP) is 3.49. The maximum Gasteiger partial charge on any atom is 2.00 e. The summed E-state index contributed by atoms with van der Waals surface area (Å²) >= 11 is 17.5. The molecule has 40 heavy (non-hydrogen) atoms. The van der Waals surface area contributed by atoms with Crippen LogP contribution in [0.2, 0.25) is 15.1 Å². The molecule has 4 rings (SSSR count). The maximum absolute atomic E-state index is 5.98. The van der Waals surface area contributed by atoms with E-state index in [2.05, 4.69) is 20.0 Å². The fraction of sp³-hybridized carbons (Fsp3) is 0.357. The summed E-state index contributed by atoms with van der Waals surface area (Å²) in [4.78, 5) is 0. The van der Waals surface area contributed by atoms with Crippen molar-refractivity contribution in [3.63, 3.8) is 0 Å². The summed E-state index contributed by atoms with van der Waals surface area (Å²) in [6.07, 6.45) is 2.56. The molecule has 0 radical (unpaired) electrons. The minimum absolute atomic E-state index is 0. The van der Waals surface area contributed by atoms with Gasteiger partial charge in [0.25, 0.3) is 0 Å². The fourth-order valence-corrected chi connectivity index (χ4v) is 3.51. The zero-order valence-corrected chi connectivity index (χ0v) is 27.4. The normalized spacial score (nSPS) is 10.5. The Morgan fingerprint density at radius 1 is 0.700 bits per heavy atom. The first-order chi connectivity index (χ1) is 17.4. The second kappa shape index (κ2) is 30.2. The van der Waals surface area contributed by atoms with Gasteiger partial charge in [0.15, 0.2) is 0 Å². The van der Waals surface area contributed by atoms with Gasteiger partial charge in [-0.05, 0) is 48.0 Å². The summed E-state index contributed by atoms with van der Waals surface area (Å²) in [7, 11) is 5.69. The molecular weight excluding hydrogens is 648 g/mol. The van der Waals surface area contributed by atoms with Crippen molar-refractivity contribution in [1.82, 2.24) is 0 Å². The quantitative estimate of drug-likeness (QED) is 0.294. The van der Waals surface area contributed by atoms with Crippen LogP contribution in [0.3, 0.4) is 0 Å². The number of hydrogen-bond donors (Lipinski definition) is 0. The van der Waals surface area contributed by atoms with E-state index >= 15 is 0 Å². The molecule has 12 heteroatoms. The van der Waals surface area contributed by atoms with E-state index < -0.39 is 7.32 Å². The summed E-state index contributed by atoms with van der Waals surface area (Å²) in [6.45, 7) is 1.85. The van der Waals surface area contributed by atoms with Gasteiger partial charge in [-0.3, -0.25) is 0 Å². The minimum Gasteiger partial charge on any atom is -1.00 e. The Morgan fingerprint density at radius 3 is 1.38 bits per heavy atom. The molecule has 0 spiro atoms. The van der Waals surface area contributed by atoms with E-state index in [-0.39, 0.29) is 61.8 Å². The minimum atomic E-state index is -0.514. The van der Waals surface area contributed by atoms with Crippen molar-refractivity contribution in [3.05, 3.63) is 93.9 Å². The van der Waals surface area contributed by atoms with Crippen LogP contribution >= 0.6 is 34.8 Å². The van der Waals surface area contributed by atoms with Crippen molar-refractivity contribution < 1.29 is 40.3 Å². The summed E-state index contributed by atoms with van der Waals surface area (Å²) in [5.41, 5.74) is 2.03. The van der Waals surface area contributed by atoms with Gasteiger partial charge in [0.05, 0.1) is 0 Å². The monoisotopic (exact) mass is 686 g/mol. The molecule has 0 bridgehead atoms. The first kappa shape index (κ1) is 46.7. The second-order valence-corrected chi connectivity index (χ2v) is 8.57. The van der Waals surface area contributed by atoms with Crippen LogP contribution in [0.25, 0.3) is 0 Å². The molecule has 3 aromatic carbocycles. The number of benzene rings is 3. The first-order valence-corrected chi connectivity index (χ1v) is 12.4. The van der Waals surface area contributed by atoms with Crippen LogP contribution in [0.15, 0.2) is 72.8 Å². The maximum atomic E-state index is 5.98. The Morgan fingerprint density at radius 2 is 1.15 bits per heavy atom. The van der Waals surface area contributed by atoms with E-state index in [1.54, 1.807) is 13.2 Å². The van der Waals surface area contributed by atoms with Gasteiger partial charge >= 0.3 is 37.3 Å². The molecule has 1 aliphatic rings. The average molecular weight is 689 g/mol. The van der Waals surface area contributed by atoms with Crippen LogP contribution in [0, 0.1) is 6.07 Å². The molecule has 0 unspecified atom stereocenters. The Labute approximate surface area is 284 Å². The molecule has 0 aliphatic carbocycles. The molecule has 5 nitrogen and oxygen atoms in total. The predicted molar refractivity (Wildman–Crippen MR) is 171 cm³/mol. The average Bonchev–Trinajstić information content (AvgIpc) is 3.48. The molecule has 1 heterocycles. The number of ether oxygens (including phenoxy) is 1. The fourth-order valence-electron chi connectivity index (χ4n) is 2.97. The van der Waals surface area contributed by atoms with E-state index in [4.69, 9.17) is 44.2 Å². The van der Waals surface area contributed by atoms with Gasteiger partial charge in [0, 0.05) is 51.7 Å². The standard InChI is InChI=1S/C13H11BCl2O.C6H4Cl.C4H8O.C3H9BO3.2CH4.BrH.Mg/c1-17-14(10-4-2-6-12(15)8-10)11-5-3-7-13(16)9-11;7-6-4-2-1-3-5-6;1-2-4-5-3-1;1-5-4(6-2)7-3;;;;/h2-9H,1H3;1-2,4-5H;1-4H2;1-3H3;2*1H4;1H;/q;-1;;;;;;+2/p-1. The van der Waals surface area contributed by atoms with Gasteiger partial charge in [0.1, 0.15) is 0 Å². The van der Waals surface area contributed by atoms with Crippen LogP contribution < -0.4 is 27.9 Å². The SMILES string of the molecule is C.C.C1CCOC1.COB(OC)OC.COB(c1cccc(Cl)c1)c1cccc(Cl)c1.Clc1c[c-]ccc1.[Br-].[Mg+2]. The second-order valence-electron chi connectivity index (χ2n) is 7.26. The van der Waals surface area contributed by atoms with Crippen molar-refractivity contribution in [1.29, 1.82) is 0 Å². The van der Waals surface area contributed by atoms with Crippen LogP contribution in [-0.2, 0) is 23.4 Å². The van der Waals surface area contributed by atoms with E-state index in [0.29, 0.717) is 10.0 Å². The summed E-state index contributed by atoms with van der Waals surface area (Å²) in [6, 6.07) is 25.3. The smallest absolute Gasteiger partial charge is 1.00 e. The van der Waals surface area contributed by atoms with Crippen LogP contribution in [0.5, 0.6) is 0 Å². The van der Waals surface area contributed by atoms with Gasteiger partial charge in [-0.2, -0.15) is 41.9 Å². The van der Waals surface area contributed by atoms with Crippen LogP contribution in [0.1, 0.15) is 27.7 Å². The Bertz CT molecular complexity index is 901. The molecular formula is C28H40B2BrCl3MgO5. The first-order valence-electron chi connectivity index (χ1n) is 11.3. The van der Waals surface area contributed by atoms with E-state index in [1.165, 1.54) is 34.2 Å². The molecule has 0 saturated carbocycles. The molecule has 218 valence electrons. The van der Waals surface area contributed by atoms with Crippen molar-refractivity contribution in [2.75, 3.05) is 41.7 Å². The van der Waals surface area contributed by atoms with Gasteiger partial charge in [-0.15, -0.1) is 0 Å². The van der Waals surface area contributed by atoms with Gasteiger partial charge in [0.2, 0.25) is 0 Å². The number of rotatable bonds is 6. The van der Waals surface area contributed by atoms with Crippen molar-refractivity contribution in [2.24, 2.45) is 0 Å². The molecule has 1 fully saturated rings. The molecule has 0 N–H and O–H groups in total. The molecule has 1 saturated heterocycles. The third-order valence-electron chi connectivity index (χ3n) is 4.61. The molecule has 0 atom stereocenters. The van der Waals surface area contributed by atoms with Crippen molar-refractivity contribution in [3.8, 4) is 0 Å². The molecule has 3 aromatic rings. The van der Waals surface area contributed by atoms with Crippen LogP contribution in [-0.4, -0.2) is 78.9 Å². The third kappa shape index (κ3) is 21.4. The molecule has 0 aromatic heterocycles. The zero-order chi connectivity index (χ0) is 26.6.